The van der Waals surface area contributed by atoms with Crippen molar-refractivity contribution in [3.8, 4) is 0 Å². The van der Waals surface area contributed by atoms with Crippen molar-refractivity contribution in [2.75, 3.05) is 33.9 Å². The van der Waals surface area contributed by atoms with Crippen LogP contribution in [-0.4, -0.2) is 50.8 Å². The van der Waals surface area contributed by atoms with Gasteiger partial charge in [0.15, 0.2) is 0 Å². The SMILES string of the molecule is COC(=O)C(C)CN1CCC(C)C(OC)C1. The van der Waals surface area contributed by atoms with Crippen LogP contribution in [0.15, 0.2) is 0 Å². The minimum Gasteiger partial charge on any atom is -0.469 e. The summed E-state index contributed by atoms with van der Waals surface area (Å²) in [5, 5.41) is 0. The molecule has 4 heteroatoms. The molecule has 0 aromatic heterocycles. The van der Waals surface area contributed by atoms with Crippen molar-refractivity contribution in [1.29, 1.82) is 0 Å². The molecule has 0 saturated carbocycles. The van der Waals surface area contributed by atoms with E-state index in [4.69, 9.17) is 9.47 Å². The summed E-state index contributed by atoms with van der Waals surface area (Å²) < 4.78 is 10.2. The van der Waals surface area contributed by atoms with E-state index in [0.29, 0.717) is 12.0 Å². The zero-order valence-corrected chi connectivity index (χ0v) is 10.7. The Hall–Kier alpha value is -0.610. The molecule has 1 aliphatic heterocycles. The molecular formula is C12H23NO3. The molecule has 16 heavy (non-hydrogen) atoms. The fourth-order valence-electron chi connectivity index (χ4n) is 2.23. The van der Waals surface area contributed by atoms with Gasteiger partial charge in [-0.05, 0) is 18.9 Å². The molecule has 0 N–H and O–H groups in total. The van der Waals surface area contributed by atoms with Crippen LogP contribution in [0.2, 0.25) is 0 Å². The topological polar surface area (TPSA) is 38.8 Å². The molecular weight excluding hydrogens is 206 g/mol. The number of likely N-dealkylation sites (tertiary alicyclic amines) is 1. The largest absolute Gasteiger partial charge is 0.469 e. The van der Waals surface area contributed by atoms with Crippen LogP contribution in [0.3, 0.4) is 0 Å². The second-order valence-electron chi connectivity index (χ2n) is 4.72. The summed E-state index contributed by atoms with van der Waals surface area (Å²) in [4.78, 5) is 13.6. The molecule has 0 radical (unpaired) electrons. The summed E-state index contributed by atoms with van der Waals surface area (Å²) >= 11 is 0. The van der Waals surface area contributed by atoms with E-state index < -0.39 is 0 Å². The fraction of sp³-hybridized carbons (Fsp3) is 0.917. The van der Waals surface area contributed by atoms with E-state index in [1.54, 1.807) is 7.11 Å². The Balaban J connectivity index is 2.41. The summed E-state index contributed by atoms with van der Waals surface area (Å²) in [6.07, 6.45) is 1.42. The molecule has 4 nitrogen and oxygen atoms in total. The smallest absolute Gasteiger partial charge is 0.309 e. The molecule has 0 amide bonds. The Morgan fingerprint density at radius 3 is 2.75 bits per heavy atom. The molecule has 0 aromatic rings. The highest BCUT2D eigenvalue weighted by molar-refractivity contribution is 5.72. The molecule has 1 saturated heterocycles. The van der Waals surface area contributed by atoms with Crippen LogP contribution in [0.4, 0.5) is 0 Å². The van der Waals surface area contributed by atoms with Gasteiger partial charge in [-0.25, -0.2) is 0 Å². The first-order valence-electron chi connectivity index (χ1n) is 5.91. The lowest BCUT2D eigenvalue weighted by molar-refractivity contribution is -0.145. The third kappa shape index (κ3) is 3.46. The van der Waals surface area contributed by atoms with E-state index in [2.05, 4.69) is 11.8 Å². The van der Waals surface area contributed by atoms with Gasteiger partial charge >= 0.3 is 5.97 Å². The Kier molecular flexibility index (Phi) is 5.22. The first-order chi connectivity index (χ1) is 7.58. The van der Waals surface area contributed by atoms with Crippen LogP contribution in [0, 0.1) is 11.8 Å². The maximum absolute atomic E-state index is 11.3. The third-order valence-electron chi connectivity index (χ3n) is 3.41. The minimum atomic E-state index is -0.132. The van der Waals surface area contributed by atoms with Crippen molar-refractivity contribution in [3.05, 3.63) is 0 Å². The summed E-state index contributed by atoms with van der Waals surface area (Å²) in [7, 11) is 3.20. The molecule has 0 spiro atoms. The lowest BCUT2D eigenvalue weighted by Crippen LogP contribution is -2.46. The molecule has 1 aliphatic rings. The Labute approximate surface area is 97.9 Å². The highest BCUT2D eigenvalue weighted by atomic mass is 16.5. The first-order valence-corrected chi connectivity index (χ1v) is 5.91. The molecule has 0 aliphatic carbocycles. The van der Waals surface area contributed by atoms with Gasteiger partial charge in [0.2, 0.25) is 0 Å². The van der Waals surface area contributed by atoms with Crippen molar-refractivity contribution >= 4 is 5.97 Å². The van der Waals surface area contributed by atoms with Crippen molar-refractivity contribution in [2.45, 2.75) is 26.4 Å². The molecule has 3 atom stereocenters. The number of esters is 1. The van der Waals surface area contributed by atoms with Gasteiger partial charge in [0.25, 0.3) is 0 Å². The van der Waals surface area contributed by atoms with Gasteiger partial charge in [-0.1, -0.05) is 13.8 Å². The van der Waals surface area contributed by atoms with Crippen LogP contribution >= 0.6 is 0 Å². The number of piperidine rings is 1. The number of ether oxygens (including phenoxy) is 2. The number of nitrogens with zero attached hydrogens (tertiary/aromatic N) is 1. The number of carbonyl (C=O) groups is 1. The van der Waals surface area contributed by atoms with E-state index in [1.807, 2.05) is 6.92 Å². The van der Waals surface area contributed by atoms with Gasteiger partial charge in [0.05, 0.1) is 19.1 Å². The standard InChI is InChI=1S/C12H23NO3/c1-9-5-6-13(8-11(9)15-3)7-10(2)12(14)16-4/h9-11H,5-8H2,1-4H3. The number of hydrogen-bond acceptors (Lipinski definition) is 4. The highest BCUT2D eigenvalue weighted by Crippen LogP contribution is 2.20. The van der Waals surface area contributed by atoms with Crippen LogP contribution < -0.4 is 0 Å². The Morgan fingerprint density at radius 2 is 2.19 bits per heavy atom. The Morgan fingerprint density at radius 1 is 1.50 bits per heavy atom. The number of rotatable bonds is 4. The van der Waals surface area contributed by atoms with Gasteiger partial charge in [-0.3, -0.25) is 9.69 Å². The first kappa shape index (κ1) is 13.5. The molecule has 94 valence electrons. The quantitative estimate of drug-likeness (QED) is 0.678. The summed E-state index contributed by atoms with van der Waals surface area (Å²) in [6, 6.07) is 0. The highest BCUT2D eigenvalue weighted by Gasteiger charge is 2.28. The van der Waals surface area contributed by atoms with E-state index in [0.717, 1.165) is 26.1 Å². The average molecular weight is 229 g/mol. The maximum atomic E-state index is 11.3. The van der Waals surface area contributed by atoms with Gasteiger partial charge in [0, 0.05) is 20.2 Å². The van der Waals surface area contributed by atoms with Crippen LogP contribution in [0.1, 0.15) is 20.3 Å². The predicted molar refractivity (Wildman–Crippen MR) is 62.2 cm³/mol. The monoisotopic (exact) mass is 229 g/mol. The molecule has 1 heterocycles. The van der Waals surface area contributed by atoms with Gasteiger partial charge in [-0.15, -0.1) is 0 Å². The fourth-order valence-corrected chi connectivity index (χ4v) is 2.23. The van der Waals surface area contributed by atoms with E-state index >= 15 is 0 Å². The number of carbonyl (C=O) groups excluding carboxylic acids is 1. The van der Waals surface area contributed by atoms with Crippen LogP contribution in [0.25, 0.3) is 0 Å². The average Bonchev–Trinajstić information content (AvgIpc) is 2.30. The normalized spacial score (nSPS) is 28.8. The molecule has 1 rings (SSSR count). The van der Waals surface area contributed by atoms with E-state index in [-0.39, 0.29) is 11.9 Å². The number of hydrogen-bond donors (Lipinski definition) is 0. The predicted octanol–water partition coefficient (Wildman–Crippen LogP) is 1.15. The molecule has 1 fully saturated rings. The third-order valence-corrected chi connectivity index (χ3v) is 3.41. The summed E-state index contributed by atoms with van der Waals surface area (Å²) in [6.45, 7) is 6.85. The van der Waals surface area contributed by atoms with Crippen molar-refractivity contribution in [3.63, 3.8) is 0 Å². The van der Waals surface area contributed by atoms with Crippen molar-refractivity contribution < 1.29 is 14.3 Å². The van der Waals surface area contributed by atoms with Gasteiger partial charge < -0.3 is 9.47 Å². The molecule has 0 bridgehead atoms. The van der Waals surface area contributed by atoms with Crippen molar-refractivity contribution in [1.82, 2.24) is 4.90 Å². The van der Waals surface area contributed by atoms with E-state index in [9.17, 15) is 4.79 Å². The summed E-state index contributed by atoms with van der Waals surface area (Å²) in [5.41, 5.74) is 0. The Bertz CT molecular complexity index is 232. The zero-order valence-electron chi connectivity index (χ0n) is 10.7. The lowest BCUT2D eigenvalue weighted by atomic mass is 9.95. The number of methoxy groups -OCH3 is 2. The lowest BCUT2D eigenvalue weighted by Gasteiger charge is -2.36. The maximum Gasteiger partial charge on any atom is 0.309 e. The zero-order chi connectivity index (χ0) is 12.1. The summed E-state index contributed by atoms with van der Waals surface area (Å²) in [5.74, 6) is 0.415. The van der Waals surface area contributed by atoms with Crippen molar-refractivity contribution in [2.24, 2.45) is 11.8 Å². The van der Waals surface area contributed by atoms with Crippen LogP contribution in [0.5, 0.6) is 0 Å². The molecule has 3 unspecified atom stereocenters. The van der Waals surface area contributed by atoms with Gasteiger partial charge in [0.1, 0.15) is 0 Å². The minimum absolute atomic E-state index is 0.0593. The molecule has 0 aromatic carbocycles. The van der Waals surface area contributed by atoms with Crippen LogP contribution in [-0.2, 0) is 14.3 Å². The second kappa shape index (κ2) is 6.21. The second-order valence-corrected chi connectivity index (χ2v) is 4.72. The van der Waals surface area contributed by atoms with E-state index in [1.165, 1.54) is 7.11 Å². The van der Waals surface area contributed by atoms with Gasteiger partial charge in [-0.2, -0.15) is 0 Å².